The van der Waals surface area contributed by atoms with E-state index in [9.17, 15) is 0 Å². The summed E-state index contributed by atoms with van der Waals surface area (Å²) in [6.45, 7) is 7.23. The lowest BCUT2D eigenvalue weighted by atomic mass is 10.1. The molecule has 0 aromatic heterocycles. The van der Waals surface area contributed by atoms with Crippen molar-refractivity contribution in [3.8, 4) is 0 Å². The van der Waals surface area contributed by atoms with Crippen molar-refractivity contribution >= 4 is 12.3 Å². The van der Waals surface area contributed by atoms with Crippen LogP contribution in [-0.4, -0.2) is 42.3 Å². The lowest BCUT2D eigenvalue weighted by molar-refractivity contribution is 0.131. The van der Waals surface area contributed by atoms with Crippen LogP contribution < -0.4 is 0 Å². The first-order chi connectivity index (χ1) is 11.8. The number of nitrogens with zero attached hydrogens (tertiary/aromatic N) is 3. The van der Waals surface area contributed by atoms with Crippen molar-refractivity contribution in [3.05, 3.63) is 77.4 Å². The summed E-state index contributed by atoms with van der Waals surface area (Å²) in [5.41, 5.74) is 3.78. The maximum Gasteiger partial charge on any atom is 0.0499 e. The molecule has 3 nitrogen and oxygen atoms in total. The van der Waals surface area contributed by atoms with Gasteiger partial charge in [-0.25, -0.2) is 0 Å². The molecule has 0 saturated carbocycles. The lowest BCUT2D eigenvalue weighted by Crippen LogP contribution is -2.43. The van der Waals surface area contributed by atoms with Gasteiger partial charge in [-0.3, -0.25) is 9.91 Å². The molecule has 1 fully saturated rings. The van der Waals surface area contributed by atoms with Crippen molar-refractivity contribution in [1.29, 1.82) is 0 Å². The highest BCUT2D eigenvalue weighted by molar-refractivity contribution is 5.84. The molecule has 1 heterocycles. The smallest absolute Gasteiger partial charge is 0.0499 e. The zero-order valence-corrected chi connectivity index (χ0v) is 14.3. The first kappa shape index (κ1) is 16.5. The second-order valence-electron chi connectivity index (χ2n) is 6.26. The van der Waals surface area contributed by atoms with Gasteiger partial charge in [-0.1, -0.05) is 66.7 Å². The monoisotopic (exact) mass is 319 g/mol. The fraction of sp³-hybridized carbons (Fsp3) is 0.286. The van der Waals surface area contributed by atoms with Crippen LogP contribution in [-0.2, 0) is 6.54 Å². The fourth-order valence-corrected chi connectivity index (χ4v) is 2.87. The Morgan fingerprint density at radius 3 is 2.21 bits per heavy atom. The Bertz CT molecular complexity index is 669. The van der Waals surface area contributed by atoms with Gasteiger partial charge >= 0.3 is 0 Å². The maximum absolute atomic E-state index is 4.63. The molecular weight excluding hydrogens is 294 g/mol. The predicted molar refractivity (Wildman–Crippen MR) is 102 cm³/mol. The second-order valence-corrected chi connectivity index (χ2v) is 6.26. The van der Waals surface area contributed by atoms with Crippen LogP contribution in [0.5, 0.6) is 0 Å². The Balaban J connectivity index is 1.47. The summed E-state index contributed by atoms with van der Waals surface area (Å²) in [5.74, 6) is 0. The molecule has 3 rings (SSSR count). The van der Waals surface area contributed by atoms with Crippen LogP contribution in [0.4, 0.5) is 0 Å². The van der Waals surface area contributed by atoms with Gasteiger partial charge in [0.2, 0.25) is 0 Å². The highest BCUT2D eigenvalue weighted by atomic mass is 15.5. The van der Waals surface area contributed by atoms with Gasteiger partial charge in [0.1, 0.15) is 0 Å². The number of benzene rings is 2. The summed E-state index contributed by atoms with van der Waals surface area (Å²) in [7, 11) is 0. The van der Waals surface area contributed by atoms with Crippen molar-refractivity contribution in [1.82, 2.24) is 9.91 Å². The molecule has 0 radical (unpaired) electrons. The number of rotatable bonds is 5. The van der Waals surface area contributed by atoms with Crippen molar-refractivity contribution < 1.29 is 0 Å². The molecule has 0 spiro atoms. The molecule has 0 aliphatic carbocycles. The Morgan fingerprint density at radius 1 is 0.917 bits per heavy atom. The minimum Gasteiger partial charge on any atom is -0.295 e. The Kier molecular flexibility index (Phi) is 5.80. The van der Waals surface area contributed by atoms with Gasteiger partial charge in [-0.05, 0) is 23.6 Å². The SMILES string of the molecule is CC(/C=N\N1CCN(Cc2ccccc2)CC1)=C/c1ccccc1. The van der Waals surface area contributed by atoms with Crippen LogP contribution in [0.25, 0.3) is 6.08 Å². The van der Waals surface area contributed by atoms with Gasteiger partial charge in [-0.2, -0.15) is 5.10 Å². The summed E-state index contributed by atoms with van der Waals surface area (Å²) in [6.07, 6.45) is 4.13. The summed E-state index contributed by atoms with van der Waals surface area (Å²) in [5, 5.41) is 6.80. The van der Waals surface area contributed by atoms with E-state index in [1.807, 2.05) is 12.3 Å². The van der Waals surface area contributed by atoms with E-state index in [1.54, 1.807) is 0 Å². The highest BCUT2D eigenvalue weighted by Crippen LogP contribution is 2.09. The van der Waals surface area contributed by atoms with E-state index in [0.717, 1.165) is 32.7 Å². The van der Waals surface area contributed by atoms with E-state index in [4.69, 9.17) is 0 Å². The first-order valence-corrected chi connectivity index (χ1v) is 8.58. The van der Waals surface area contributed by atoms with E-state index in [-0.39, 0.29) is 0 Å². The molecule has 0 N–H and O–H groups in total. The minimum atomic E-state index is 0.988. The number of hydrazone groups is 1. The zero-order valence-electron chi connectivity index (χ0n) is 14.3. The zero-order chi connectivity index (χ0) is 16.6. The van der Waals surface area contributed by atoms with Crippen LogP contribution in [0.15, 0.2) is 71.3 Å². The number of piperazine rings is 1. The second kappa shape index (κ2) is 8.46. The molecule has 1 aliphatic rings. The Morgan fingerprint density at radius 2 is 1.54 bits per heavy atom. The lowest BCUT2D eigenvalue weighted by Gasteiger charge is -2.33. The van der Waals surface area contributed by atoms with Crippen molar-refractivity contribution in [3.63, 3.8) is 0 Å². The molecule has 1 saturated heterocycles. The minimum absolute atomic E-state index is 0.988. The van der Waals surface area contributed by atoms with Gasteiger partial charge in [0.05, 0.1) is 0 Å². The molecule has 2 aromatic carbocycles. The van der Waals surface area contributed by atoms with Gasteiger partial charge in [0, 0.05) is 38.9 Å². The van der Waals surface area contributed by atoms with Gasteiger partial charge in [0.25, 0.3) is 0 Å². The molecule has 24 heavy (non-hydrogen) atoms. The van der Waals surface area contributed by atoms with Crippen molar-refractivity contribution in [2.24, 2.45) is 5.10 Å². The van der Waals surface area contributed by atoms with E-state index in [0.29, 0.717) is 0 Å². The van der Waals surface area contributed by atoms with Gasteiger partial charge < -0.3 is 0 Å². The average molecular weight is 319 g/mol. The molecule has 0 bridgehead atoms. The summed E-state index contributed by atoms with van der Waals surface area (Å²) >= 11 is 0. The molecule has 0 amide bonds. The summed E-state index contributed by atoms with van der Waals surface area (Å²) < 4.78 is 0. The third-order valence-corrected chi connectivity index (χ3v) is 4.22. The average Bonchev–Trinajstić information content (AvgIpc) is 2.63. The third kappa shape index (κ3) is 5.07. The van der Waals surface area contributed by atoms with Crippen LogP contribution in [0.2, 0.25) is 0 Å². The van der Waals surface area contributed by atoms with Crippen LogP contribution in [0.3, 0.4) is 0 Å². The number of allylic oxidation sites excluding steroid dienone is 1. The standard InChI is InChI=1S/C21H25N3/c1-19(16-20-8-4-2-5-9-20)17-22-24-14-12-23(13-15-24)18-21-10-6-3-7-11-21/h2-11,16-17H,12-15,18H2,1H3/b19-16-,22-17-. The quantitative estimate of drug-likeness (QED) is 0.779. The van der Waals surface area contributed by atoms with E-state index >= 15 is 0 Å². The first-order valence-electron chi connectivity index (χ1n) is 8.58. The number of hydrogen-bond acceptors (Lipinski definition) is 3. The summed E-state index contributed by atoms with van der Waals surface area (Å²) in [4.78, 5) is 2.49. The van der Waals surface area contributed by atoms with E-state index in [1.165, 1.54) is 16.7 Å². The predicted octanol–water partition coefficient (Wildman–Crippen LogP) is 3.89. The Hall–Kier alpha value is -2.39. The van der Waals surface area contributed by atoms with Gasteiger partial charge in [-0.15, -0.1) is 0 Å². The highest BCUT2D eigenvalue weighted by Gasteiger charge is 2.15. The molecule has 2 aromatic rings. The van der Waals surface area contributed by atoms with Crippen molar-refractivity contribution in [2.45, 2.75) is 13.5 Å². The van der Waals surface area contributed by atoms with Crippen LogP contribution in [0.1, 0.15) is 18.1 Å². The largest absolute Gasteiger partial charge is 0.295 e. The topological polar surface area (TPSA) is 18.8 Å². The maximum atomic E-state index is 4.63. The van der Waals surface area contributed by atoms with Crippen LogP contribution in [0, 0.1) is 0 Å². The third-order valence-electron chi connectivity index (χ3n) is 4.22. The molecule has 124 valence electrons. The molecule has 1 aliphatic heterocycles. The molecule has 0 atom stereocenters. The fourth-order valence-electron chi connectivity index (χ4n) is 2.87. The van der Waals surface area contributed by atoms with Crippen LogP contribution >= 0.6 is 0 Å². The van der Waals surface area contributed by atoms with Crippen molar-refractivity contribution in [2.75, 3.05) is 26.2 Å². The number of hydrogen-bond donors (Lipinski definition) is 0. The molecule has 0 unspecified atom stereocenters. The van der Waals surface area contributed by atoms with Gasteiger partial charge in [0.15, 0.2) is 0 Å². The molecule has 3 heteroatoms. The normalized spacial score (nSPS) is 16.7. The molecular formula is C21H25N3. The van der Waals surface area contributed by atoms with E-state index < -0.39 is 0 Å². The Labute approximate surface area is 144 Å². The van der Waals surface area contributed by atoms with E-state index in [2.05, 4.69) is 82.6 Å². The summed E-state index contributed by atoms with van der Waals surface area (Å²) in [6, 6.07) is 21.1.